The van der Waals surface area contributed by atoms with E-state index in [2.05, 4.69) is 15.1 Å². The van der Waals surface area contributed by atoms with Crippen molar-refractivity contribution >= 4 is 16.8 Å². The zero-order valence-electron chi connectivity index (χ0n) is 14.3. The molecule has 0 spiro atoms. The lowest BCUT2D eigenvalue weighted by Gasteiger charge is -2.32. The first-order valence-corrected chi connectivity index (χ1v) is 8.37. The summed E-state index contributed by atoms with van der Waals surface area (Å²) in [5, 5.41) is 4.63. The number of nitrogens with zero attached hydrogens (tertiary/aromatic N) is 4. The minimum atomic E-state index is -0.241. The molecule has 1 unspecified atom stereocenters. The van der Waals surface area contributed by atoms with Crippen molar-refractivity contribution in [1.82, 2.24) is 20.0 Å². The average molecular weight is 354 g/mol. The highest BCUT2D eigenvalue weighted by molar-refractivity contribution is 5.92. The lowest BCUT2D eigenvalue weighted by atomic mass is 10.2. The fraction of sp³-hybridized carbons (Fsp3) is 0.333. The first kappa shape index (κ1) is 16.5. The number of benzene rings is 1. The molecule has 1 atom stereocenters. The standard InChI is InChI=1S/C18H18N4O4/c1-12-8-16(21-26-12)18(23)22-6-7-24-13(9-22)10-25-17-14-4-2-3-5-15(14)19-11-20-17/h2-5,8,11,13H,6-7,9-10H2,1H3. The number of aryl methyl sites for hydroxylation is 1. The van der Waals surface area contributed by atoms with Gasteiger partial charge >= 0.3 is 0 Å². The predicted octanol–water partition coefficient (Wildman–Crippen LogP) is 1.85. The topological polar surface area (TPSA) is 90.6 Å². The zero-order chi connectivity index (χ0) is 17.9. The fourth-order valence-electron chi connectivity index (χ4n) is 2.90. The monoisotopic (exact) mass is 354 g/mol. The largest absolute Gasteiger partial charge is 0.474 e. The highest BCUT2D eigenvalue weighted by Crippen LogP contribution is 2.21. The van der Waals surface area contributed by atoms with Crippen LogP contribution in [0, 0.1) is 6.92 Å². The number of morpholine rings is 1. The van der Waals surface area contributed by atoms with Gasteiger partial charge < -0.3 is 18.9 Å². The maximum atomic E-state index is 12.5. The molecular formula is C18H18N4O4. The molecule has 8 nitrogen and oxygen atoms in total. The Morgan fingerprint density at radius 3 is 3.08 bits per heavy atom. The predicted molar refractivity (Wildman–Crippen MR) is 91.9 cm³/mol. The van der Waals surface area contributed by atoms with Gasteiger partial charge in [-0.15, -0.1) is 0 Å². The molecule has 1 fully saturated rings. The molecule has 0 saturated carbocycles. The van der Waals surface area contributed by atoms with Gasteiger partial charge in [-0.3, -0.25) is 4.79 Å². The third-order valence-electron chi connectivity index (χ3n) is 4.19. The molecule has 26 heavy (non-hydrogen) atoms. The number of para-hydroxylation sites is 1. The van der Waals surface area contributed by atoms with Crippen molar-refractivity contribution in [2.24, 2.45) is 0 Å². The van der Waals surface area contributed by atoms with Gasteiger partial charge in [0.2, 0.25) is 5.88 Å². The molecule has 8 heteroatoms. The first-order chi connectivity index (χ1) is 12.7. The zero-order valence-corrected chi connectivity index (χ0v) is 14.3. The van der Waals surface area contributed by atoms with Crippen molar-refractivity contribution < 1.29 is 18.8 Å². The number of fused-ring (bicyclic) bond motifs is 1. The van der Waals surface area contributed by atoms with Gasteiger partial charge in [-0.1, -0.05) is 17.3 Å². The van der Waals surface area contributed by atoms with E-state index < -0.39 is 0 Å². The summed E-state index contributed by atoms with van der Waals surface area (Å²) in [5.41, 5.74) is 1.13. The molecule has 1 saturated heterocycles. The number of carbonyl (C=O) groups excluding carboxylic acids is 1. The van der Waals surface area contributed by atoms with Crippen LogP contribution in [-0.4, -0.2) is 58.3 Å². The number of carbonyl (C=O) groups is 1. The van der Waals surface area contributed by atoms with Crippen LogP contribution in [0.2, 0.25) is 0 Å². The van der Waals surface area contributed by atoms with Crippen LogP contribution in [0.1, 0.15) is 16.2 Å². The smallest absolute Gasteiger partial charge is 0.276 e. The number of hydrogen-bond acceptors (Lipinski definition) is 7. The van der Waals surface area contributed by atoms with Crippen LogP contribution in [0.15, 0.2) is 41.2 Å². The Morgan fingerprint density at radius 2 is 2.23 bits per heavy atom. The molecule has 1 amide bonds. The van der Waals surface area contributed by atoms with E-state index in [0.29, 0.717) is 43.6 Å². The number of ether oxygens (including phenoxy) is 2. The van der Waals surface area contributed by atoms with Crippen LogP contribution in [-0.2, 0) is 4.74 Å². The second kappa shape index (κ2) is 7.09. The maximum Gasteiger partial charge on any atom is 0.276 e. The molecule has 1 aliphatic heterocycles. The summed E-state index contributed by atoms with van der Waals surface area (Å²) in [7, 11) is 0. The van der Waals surface area contributed by atoms with Crippen LogP contribution in [0.5, 0.6) is 5.88 Å². The number of aromatic nitrogens is 3. The van der Waals surface area contributed by atoms with Gasteiger partial charge in [0.1, 0.15) is 24.8 Å². The highest BCUT2D eigenvalue weighted by atomic mass is 16.5. The number of amides is 1. The Kier molecular flexibility index (Phi) is 4.49. The molecule has 134 valence electrons. The van der Waals surface area contributed by atoms with Crippen LogP contribution in [0.25, 0.3) is 10.9 Å². The molecule has 0 N–H and O–H groups in total. The summed E-state index contributed by atoms with van der Waals surface area (Å²) in [6.07, 6.45) is 1.23. The van der Waals surface area contributed by atoms with Gasteiger partial charge in [0.25, 0.3) is 5.91 Å². The van der Waals surface area contributed by atoms with Gasteiger partial charge in [0, 0.05) is 12.6 Å². The second-order valence-corrected chi connectivity index (χ2v) is 6.07. The van der Waals surface area contributed by atoms with Gasteiger partial charge in [-0.2, -0.15) is 0 Å². The van der Waals surface area contributed by atoms with Gasteiger partial charge in [0.05, 0.1) is 24.1 Å². The number of rotatable bonds is 4. The van der Waals surface area contributed by atoms with Crippen molar-refractivity contribution in [3.8, 4) is 5.88 Å². The Labute approximate surface area is 149 Å². The summed E-state index contributed by atoms with van der Waals surface area (Å²) >= 11 is 0. The van der Waals surface area contributed by atoms with Crippen LogP contribution < -0.4 is 4.74 Å². The minimum absolute atomic E-state index is 0.164. The summed E-state index contributed by atoms with van der Waals surface area (Å²) < 4.78 is 16.6. The molecular weight excluding hydrogens is 336 g/mol. The summed E-state index contributed by atoms with van der Waals surface area (Å²) in [4.78, 5) is 22.6. The van der Waals surface area contributed by atoms with E-state index in [1.54, 1.807) is 17.9 Å². The average Bonchev–Trinajstić information content (AvgIpc) is 3.12. The van der Waals surface area contributed by atoms with E-state index >= 15 is 0 Å². The molecule has 3 aromatic rings. The van der Waals surface area contributed by atoms with E-state index in [-0.39, 0.29) is 12.0 Å². The Hall–Kier alpha value is -3.00. The Balaban J connectivity index is 1.41. The van der Waals surface area contributed by atoms with E-state index in [0.717, 1.165) is 10.9 Å². The quantitative estimate of drug-likeness (QED) is 0.706. The van der Waals surface area contributed by atoms with E-state index in [4.69, 9.17) is 14.0 Å². The molecule has 0 radical (unpaired) electrons. The molecule has 2 aromatic heterocycles. The lowest BCUT2D eigenvalue weighted by molar-refractivity contribution is -0.0407. The van der Waals surface area contributed by atoms with Crippen LogP contribution in [0.3, 0.4) is 0 Å². The minimum Gasteiger partial charge on any atom is -0.474 e. The van der Waals surface area contributed by atoms with Crippen molar-refractivity contribution in [1.29, 1.82) is 0 Å². The lowest BCUT2D eigenvalue weighted by Crippen LogP contribution is -2.47. The third-order valence-corrected chi connectivity index (χ3v) is 4.19. The molecule has 3 heterocycles. The Bertz CT molecular complexity index is 921. The summed E-state index contributed by atoms with van der Waals surface area (Å²) in [6.45, 7) is 3.43. The second-order valence-electron chi connectivity index (χ2n) is 6.07. The normalized spacial score (nSPS) is 17.4. The Morgan fingerprint density at radius 1 is 1.35 bits per heavy atom. The van der Waals surface area contributed by atoms with E-state index in [9.17, 15) is 4.79 Å². The molecule has 0 bridgehead atoms. The molecule has 4 rings (SSSR count). The van der Waals surface area contributed by atoms with Crippen molar-refractivity contribution in [3.63, 3.8) is 0 Å². The number of hydrogen-bond donors (Lipinski definition) is 0. The maximum absolute atomic E-state index is 12.5. The van der Waals surface area contributed by atoms with Gasteiger partial charge in [0.15, 0.2) is 5.69 Å². The third kappa shape index (κ3) is 3.36. The SMILES string of the molecule is Cc1cc(C(=O)N2CCOC(COc3ncnc4ccccc34)C2)no1. The van der Waals surface area contributed by atoms with Crippen LogP contribution >= 0.6 is 0 Å². The van der Waals surface area contributed by atoms with Crippen molar-refractivity contribution in [3.05, 3.63) is 48.1 Å². The van der Waals surface area contributed by atoms with Crippen LogP contribution in [0.4, 0.5) is 0 Å². The summed E-state index contributed by atoms with van der Waals surface area (Å²) in [6, 6.07) is 9.28. The van der Waals surface area contributed by atoms with E-state index in [1.165, 1.54) is 6.33 Å². The van der Waals surface area contributed by atoms with Crippen molar-refractivity contribution in [2.75, 3.05) is 26.3 Å². The van der Waals surface area contributed by atoms with E-state index in [1.807, 2.05) is 24.3 Å². The molecule has 1 aliphatic rings. The molecule has 0 aliphatic carbocycles. The fourth-order valence-corrected chi connectivity index (χ4v) is 2.90. The summed E-state index contributed by atoms with van der Waals surface area (Å²) in [5.74, 6) is 0.953. The molecule has 1 aromatic carbocycles. The first-order valence-electron chi connectivity index (χ1n) is 8.37. The van der Waals surface area contributed by atoms with Gasteiger partial charge in [-0.05, 0) is 19.1 Å². The highest BCUT2D eigenvalue weighted by Gasteiger charge is 2.27. The van der Waals surface area contributed by atoms with Gasteiger partial charge in [-0.25, -0.2) is 9.97 Å². The van der Waals surface area contributed by atoms with Crippen molar-refractivity contribution in [2.45, 2.75) is 13.0 Å².